The average molecular weight is 507 g/mol. The van der Waals surface area contributed by atoms with E-state index in [2.05, 4.69) is 21.0 Å². The highest BCUT2D eigenvalue weighted by Gasteiger charge is 2.41. The number of carbonyl (C=O) groups excluding carboxylic acids is 1. The first-order valence-electron chi connectivity index (χ1n) is 13.5. The van der Waals surface area contributed by atoms with Gasteiger partial charge in [0.15, 0.2) is 5.65 Å². The van der Waals surface area contributed by atoms with Gasteiger partial charge < -0.3 is 25.8 Å². The molecule has 3 heterocycles. The van der Waals surface area contributed by atoms with Crippen LogP contribution in [-0.2, 0) is 4.74 Å². The van der Waals surface area contributed by atoms with E-state index in [1.54, 1.807) is 0 Å². The number of hydrogen-bond acceptors (Lipinski definition) is 7. The second kappa shape index (κ2) is 11.1. The Hall–Kier alpha value is -3.17. The largest absolute Gasteiger partial charge is 0.396 e. The minimum Gasteiger partial charge on any atom is -0.396 e. The summed E-state index contributed by atoms with van der Waals surface area (Å²) in [4.78, 5) is 17.5. The maximum atomic E-state index is 12.5. The molecule has 1 saturated heterocycles. The van der Waals surface area contributed by atoms with Crippen LogP contribution in [0.2, 0.25) is 0 Å². The molecule has 2 aliphatic rings. The summed E-state index contributed by atoms with van der Waals surface area (Å²) in [6.07, 6.45) is 6.90. The number of benzene rings is 1. The number of aliphatic hydroxyl groups excluding tert-OH is 1. The van der Waals surface area contributed by atoms with E-state index >= 15 is 0 Å². The lowest BCUT2D eigenvalue weighted by Gasteiger charge is -2.23. The molecule has 198 valence electrons. The molecule has 0 bridgehead atoms. The van der Waals surface area contributed by atoms with Crippen molar-refractivity contribution >= 4 is 23.2 Å². The van der Waals surface area contributed by atoms with E-state index in [0.717, 1.165) is 85.8 Å². The fourth-order valence-electron chi connectivity index (χ4n) is 4.85. The number of aromatic nitrogens is 3. The Morgan fingerprint density at radius 1 is 1.22 bits per heavy atom. The molecule has 37 heavy (non-hydrogen) atoms. The third-order valence-electron chi connectivity index (χ3n) is 7.64. The lowest BCUT2D eigenvalue weighted by molar-refractivity contribution is 0.0699. The molecule has 0 radical (unpaired) electrons. The number of anilines is 2. The maximum absolute atomic E-state index is 12.5. The SMILES string of the molecule is CCCNC(=O)c1ccc(-c2cnn3c(NCC4CCOCC4)cc(NCC4(CO)CC4)nc23)cc1C. The van der Waals surface area contributed by atoms with Crippen LogP contribution in [0.1, 0.15) is 54.9 Å². The molecule has 1 amide bonds. The molecule has 4 N–H and O–H groups in total. The summed E-state index contributed by atoms with van der Waals surface area (Å²) in [5.41, 5.74) is 4.18. The standard InChI is InChI=1S/C28H38N6O3/c1-3-10-29-27(36)22-5-4-21(13-19(22)2)23-16-32-34-25(30-15-20-6-11-37-12-7-20)14-24(33-26(23)34)31-17-28(18-35)8-9-28/h4-5,13-14,16,20,30,35H,3,6-12,15,17-18H2,1-2H3,(H,29,36)(H,31,33). The van der Waals surface area contributed by atoms with Gasteiger partial charge in [-0.15, -0.1) is 0 Å². The zero-order chi connectivity index (χ0) is 25.8. The molecule has 1 aromatic carbocycles. The second-order valence-electron chi connectivity index (χ2n) is 10.6. The summed E-state index contributed by atoms with van der Waals surface area (Å²) in [5, 5.41) is 24.5. The van der Waals surface area contributed by atoms with Crippen LogP contribution < -0.4 is 16.0 Å². The average Bonchev–Trinajstić information content (AvgIpc) is 3.59. The van der Waals surface area contributed by atoms with E-state index < -0.39 is 0 Å². The molecular formula is C28H38N6O3. The van der Waals surface area contributed by atoms with Gasteiger partial charge in [-0.1, -0.05) is 19.1 Å². The Labute approximate surface area is 218 Å². The van der Waals surface area contributed by atoms with Gasteiger partial charge in [0, 0.05) is 55.5 Å². The zero-order valence-electron chi connectivity index (χ0n) is 21.8. The fourth-order valence-corrected chi connectivity index (χ4v) is 4.85. The van der Waals surface area contributed by atoms with Gasteiger partial charge in [0.05, 0.1) is 12.8 Å². The van der Waals surface area contributed by atoms with Crippen LogP contribution in [-0.4, -0.2) is 65.1 Å². The van der Waals surface area contributed by atoms with Crippen molar-refractivity contribution in [3.63, 3.8) is 0 Å². The normalized spacial score (nSPS) is 17.1. The summed E-state index contributed by atoms with van der Waals surface area (Å²) in [7, 11) is 0. The van der Waals surface area contributed by atoms with Gasteiger partial charge in [-0.05, 0) is 62.1 Å². The summed E-state index contributed by atoms with van der Waals surface area (Å²) in [6, 6.07) is 7.87. The second-order valence-corrected chi connectivity index (χ2v) is 10.6. The van der Waals surface area contributed by atoms with E-state index in [4.69, 9.17) is 9.72 Å². The number of rotatable bonds is 11. The maximum Gasteiger partial charge on any atom is 0.251 e. The Bertz CT molecular complexity index is 1250. The van der Waals surface area contributed by atoms with E-state index in [1.807, 2.05) is 48.8 Å². The van der Waals surface area contributed by atoms with Gasteiger partial charge in [-0.3, -0.25) is 4.79 Å². The van der Waals surface area contributed by atoms with Crippen LogP contribution >= 0.6 is 0 Å². The van der Waals surface area contributed by atoms with Crippen molar-refractivity contribution in [2.24, 2.45) is 11.3 Å². The third-order valence-corrected chi connectivity index (χ3v) is 7.64. The van der Waals surface area contributed by atoms with Gasteiger partial charge in [-0.25, -0.2) is 4.98 Å². The van der Waals surface area contributed by atoms with Gasteiger partial charge in [-0.2, -0.15) is 9.61 Å². The van der Waals surface area contributed by atoms with E-state index in [0.29, 0.717) is 24.6 Å². The minimum absolute atomic E-state index is 0.0299. The Morgan fingerprint density at radius 3 is 2.73 bits per heavy atom. The smallest absolute Gasteiger partial charge is 0.251 e. The Morgan fingerprint density at radius 2 is 2.03 bits per heavy atom. The molecular weight excluding hydrogens is 468 g/mol. The predicted octanol–water partition coefficient (Wildman–Crippen LogP) is 3.87. The molecule has 0 unspecified atom stereocenters. The van der Waals surface area contributed by atoms with Crippen LogP contribution in [0, 0.1) is 18.3 Å². The van der Waals surface area contributed by atoms with Crippen molar-refractivity contribution in [2.45, 2.75) is 46.0 Å². The lowest BCUT2D eigenvalue weighted by Crippen LogP contribution is -2.24. The lowest BCUT2D eigenvalue weighted by atomic mass is 10.0. The van der Waals surface area contributed by atoms with E-state index in [9.17, 15) is 9.90 Å². The molecule has 1 aliphatic carbocycles. The quantitative estimate of drug-likeness (QED) is 0.312. The van der Waals surface area contributed by atoms with Crippen molar-refractivity contribution in [2.75, 3.05) is 50.1 Å². The Balaban J connectivity index is 1.45. The molecule has 9 nitrogen and oxygen atoms in total. The molecule has 5 rings (SSSR count). The summed E-state index contributed by atoms with van der Waals surface area (Å²) < 4.78 is 7.37. The molecule has 9 heteroatoms. The number of fused-ring (bicyclic) bond motifs is 1. The number of carbonyl (C=O) groups is 1. The molecule has 0 spiro atoms. The van der Waals surface area contributed by atoms with Crippen LogP contribution in [0.3, 0.4) is 0 Å². The Kier molecular flexibility index (Phi) is 7.62. The molecule has 2 aromatic heterocycles. The van der Waals surface area contributed by atoms with Crippen molar-refractivity contribution < 1.29 is 14.6 Å². The number of aryl methyl sites for hydroxylation is 1. The number of ether oxygens (including phenoxy) is 1. The molecule has 0 atom stereocenters. The monoisotopic (exact) mass is 506 g/mol. The van der Waals surface area contributed by atoms with Crippen molar-refractivity contribution in [3.8, 4) is 11.1 Å². The van der Waals surface area contributed by atoms with Crippen molar-refractivity contribution in [1.82, 2.24) is 19.9 Å². The third kappa shape index (κ3) is 5.72. The summed E-state index contributed by atoms with van der Waals surface area (Å²) in [5.74, 6) is 2.15. The summed E-state index contributed by atoms with van der Waals surface area (Å²) in [6.45, 7) is 8.01. The number of hydrogen-bond donors (Lipinski definition) is 4. The molecule has 1 saturated carbocycles. The fraction of sp³-hybridized carbons (Fsp3) is 0.536. The predicted molar refractivity (Wildman–Crippen MR) is 145 cm³/mol. The topological polar surface area (TPSA) is 113 Å². The number of aliphatic hydroxyl groups is 1. The van der Waals surface area contributed by atoms with Crippen LogP contribution in [0.15, 0.2) is 30.5 Å². The molecule has 3 aromatic rings. The highest BCUT2D eigenvalue weighted by molar-refractivity contribution is 5.96. The van der Waals surface area contributed by atoms with Gasteiger partial charge in [0.2, 0.25) is 0 Å². The first kappa shape index (κ1) is 25.5. The number of nitrogens with one attached hydrogen (secondary N) is 3. The highest BCUT2D eigenvalue weighted by atomic mass is 16.5. The van der Waals surface area contributed by atoms with Crippen molar-refractivity contribution in [3.05, 3.63) is 41.6 Å². The molecule has 2 fully saturated rings. The van der Waals surface area contributed by atoms with Gasteiger partial charge in [0.25, 0.3) is 5.91 Å². The number of nitrogens with zero attached hydrogens (tertiary/aromatic N) is 3. The highest BCUT2D eigenvalue weighted by Crippen LogP contribution is 2.45. The van der Waals surface area contributed by atoms with Crippen LogP contribution in [0.4, 0.5) is 11.6 Å². The molecule has 1 aliphatic heterocycles. The first-order valence-corrected chi connectivity index (χ1v) is 13.5. The van der Waals surface area contributed by atoms with E-state index in [-0.39, 0.29) is 17.9 Å². The van der Waals surface area contributed by atoms with Crippen LogP contribution in [0.5, 0.6) is 0 Å². The van der Waals surface area contributed by atoms with Crippen molar-refractivity contribution in [1.29, 1.82) is 0 Å². The zero-order valence-corrected chi connectivity index (χ0v) is 21.8. The van der Waals surface area contributed by atoms with Gasteiger partial charge >= 0.3 is 0 Å². The van der Waals surface area contributed by atoms with Crippen LogP contribution in [0.25, 0.3) is 16.8 Å². The summed E-state index contributed by atoms with van der Waals surface area (Å²) >= 11 is 0. The van der Waals surface area contributed by atoms with Gasteiger partial charge in [0.1, 0.15) is 11.6 Å². The first-order chi connectivity index (χ1) is 18.0. The number of amides is 1. The van der Waals surface area contributed by atoms with E-state index in [1.165, 1.54) is 0 Å². The minimum atomic E-state index is -0.0483.